The Hall–Kier alpha value is -1.67. The zero-order valence-corrected chi connectivity index (χ0v) is 46.7. The highest BCUT2D eigenvalue weighted by Crippen LogP contribution is 2.76. The fourth-order valence-electron chi connectivity index (χ4n) is 16.8. The fourth-order valence-corrected chi connectivity index (χ4v) is 16.8. The fraction of sp³-hybridized carbons (Fsp3) is 0.945. The Morgan fingerprint density at radius 3 is 1.72 bits per heavy atom. The van der Waals surface area contributed by atoms with Crippen LogP contribution in [0.4, 0.5) is 0 Å². The molecule has 5 aliphatic carbocycles. The molecule has 0 spiro atoms. The maximum Gasteiger partial charge on any atom is 0.337 e. The Bertz CT molecular complexity index is 2190. The van der Waals surface area contributed by atoms with E-state index in [-0.39, 0.29) is 41.8 Å². The Morgan fingerprint density at radius 2 is 1.15 bits per heavy atom. The van der Waals surface area contributed by atoms with Gasteiger partial charge in [-0.2, -0.15) is 0 Å². The van der Waals surface area contributed by atoms with E-state index in [1.54, 1.807) is 6.92 Å². The summed E-state index contributed by atoms with van der Waals surface area (Å²) in [6, 6.07) is 0. The van der Waals surface area contributed by atoms with Crippen molar-refractivity contribution in [2.45, 2.75) is 248 Å². The first-order chi connectivity index (χ1) is 37.0. The van der Waals surface area contributed by atoms with Crippen LogP contribution in [0.2, 0.25) is 0 Å². The van der Waals surface area contributed by atoms with Gasteiger partial charge in [-0.15, -0.1) is 0 Å². The standard InChI is InChI=1S/C55H90O24/c1-22-30(59)33(62)38(67)46(72-22)77-41-35(64)32(61)26(19-56)74-48(41)78-42-37(66)36(65)40(45(70)71-9)76-49(42)75-29-13-14-52(5)27(53(29,6)21-58)12-15-55(8)28(52)11-10-24-25-18-50(3,20-57)44(43(69)51(25,4)16-17-54(24,55)7)79-47-39(68)34(63)31(60)23(2)73-47/h10,22-23,25-44,46-49,56-69H,11-21H2,1-9H3/t22-,23-,25-,26+,27?,28+,29-,30-,31-,32-,33+,34+,35-,36-,37-,38+,39+,40-,41+,42+,43+,44-,46-,47-,48-,49+,50-,51+,52-,53+,54+,55+/m0/s1. The maximum absolute atomic E-state index is 13.2. The highest BCUT2D eigenvalue weighted by atomic mass is 16.8. The number of rotatable bonds is 12. The Kier molecular flexibility index (Phi) is 17.5. The average Bonchev–Trinajstić information content (AvgIpc) is 2.74. The van der Waals surface area contributed by atoms with Gasteiger partial charge in [-0.25, -0.2) is 4.79 Å². The number of esters is 1. The molecule has 9 rings (SSSR count). The first-order valence-electron chi connectivity index (χ1n) is 28.3. The van der Waals surface area contributed by atoms with E-state index in [9.17, 15) is 76.3 Å². The second-order valence-corrected chi connectivity index (χ2v) is 26.4. The third kappa shape index (κ3) is 9.72. The molecule has 0 aromatic carbocycles. The lowest BCUT2D eigenvalue weighted by Crippen LogP contribution is -2.69. The van der Waals surface area contributed by atoms with Crippen molar-refractivity contribution in [1.29, 1.82) is 0 Å². The van der Waals surface area contributed by atoms with E-state index in [0.29, 0.717) is 44.9 Å². The summed E-state index contributed by atoms with van der Waals surface area (Å²) in [6.07, 6.45) is -28.8. The predicted octanol–water partition coefficient (Wildman–Crippen LogP) is -2.41. The minimum absolute atomic E-state index is 0.0783. The number of carbonyl (C=O) groups excluding carboxylic acids is 1. The molecule has 24 nitrogen and oxygen atoms in total. The normalized spacial score (nSPS) is 56.7. The lowest BCUT2D eigenvalue weighted by atomic mass is 9.33. The van der Waals surface area contributed by atoms with Crippen LogP contribution in [0.25, 0.3) is 0 Å². The van der Waals surface area contributed by atoms with Crippen molar-refractivity contribution >= 4 is 5.97 Å². The number of carbonyl (C=O) groups is 1. The topological polar surface area (TPSA) is 383 Å². The van der Waals surface area contributed by atoms with Crippen molar-refractivity contribution in [3.05, 3.63) is 11.6 Å². The van der Waals surface area contributed by atoms with Gasteiger partial charge in [0.2, 0.25) is 0 Å². The zero-order chi connectivity index (χ0) is 58.0. The van der Waals surface area contributed by atoms with Crippen molar-refractivity contribution in [2.24, 2.45) is 50.2 Å². The van der Waals surface area contributed by atoms with Crippen LogP contribution in [-0.4, -0.2) is 246 Å². The number of ether oxygens (including phenoxy) is 9. The minimum atomic E-state index is -2.01. The number of aliphatic hydroxyl groups is 14. The summed E-state index contributed by atoms with van der Waals surface area (Å²) >= 11 is 0. The van der Waals surface area contributed by atoms with E-state index in [1.165, 1.54) is 12.5 Å². The molecule has 1 unspecified atom stereocenters. The number of hydrogen-bond acceptors (Lipinski definition) is 24. The molecule has 454 valence electrons. The molecule has 0 amide bonds. The highest BCUT2D eigenvalue weighted by Gasteiger charge is 2.71. The monoisotopic (exact) mass is 1130 g/mol. The highest BCUT2D eigenvalue weighted by molar-refractivity contribution is 5.75. The largest absolute Gasteiger partial charge is 0.467 e. The summed E-state index contributed by atoms with van der Waals surface area (Å²) in [5, 5.41) is 155. The van der Waals surface area contributed by atoms with Crippen LogP contribution in [0, 0.1) is 50.2 Å². The molecular formula is C55H90O24. The SMILES string of the molecule is COC(=O)[C@H]1O[C@@H](O[C@H]2CC[C@@]3(C)C(CC[C@]4(C)[C@@H]3CC=C3[C@@H]5C[C@@](C)(CO)[C@@H](O[C@@H]6O[C@@H](C)[C@H](O)[C@@H](O)[C@H]6O)[C@@H](O)[C@]5(C)CC[C@]34C)[C@@]2(C)CO)[C@H](O[C@@H]2O[C@H](CO)[C@H](O)[C@H](O)[C@H]2O[C@@H]2O[C@@H](C)[C@H](O)[C@@H](O)[C@H]2O)[C@@H](O)[C@@H]1O. The summed E-state index contributed by atoms with van der Waals surface area (Å²) in [6.45, 7) is 14.2. The molecule has 0 bridgehead atoms. The van der Waals surface area contributed by atoms with Gasteiger partial charge >= 0.3 is 5.97 Å². The molecule has 0 radical (unpaired) electrons. The summed E-state index contributed by atoms with van der Waals surface area (Å²) in [5.74, 6) is -1.33. The average molecular weight is 1140 g/mol. The molecule has 79 heavy (non-hydrogen) atoms. The second-order valence-electron chi connectivity index (χ2n) is 26.4. The minimum Gasteiger partial charge on any atom is -0.467 e. The Labute approximate surface area is 460 Å². The smallest absolute Gasteiger partial charge is 0.337 e. The van der Waals surface area contributed by atoms with Crippen LogP contribution in [-0.2, 0) is 47.4 Å². The van der Waals surface area contributed by atoms with Crippen LogP contribution in [0.1, 0.15) is 107 Å². The van der Waals surface area contributed by atoms with Gasteiger partial charge in [-0.3, -0.25) is 0 Å². The number of fused-ring (bicyclic) bond motifs is 7. The molecule has 4 aliphatic heterocycles. The van der Waals surface area contributed by atoms with E-state index >= 15 is 0 Å². The second kappa shape index (κ2) is 22.3. The van der Waals surface area contributed by atoms with Crippen molar-refractivity contribution in [2.75, 3.05) is 26.9 Å². The summed E-state index contributed by atoms with van der Waals surface area (Å²) in [5.41, 5.74) is -2.61. The van der Waals surface area contributed by atoms with Crippen LogP contribution < -0.4 is 0 Å². The Balaban J connectivity index is 0.981. The molecule has 14 N–H and O–H groups in total. The van der Waals surface area contributed by atoms with Crippen LogP contribution in [0.5, 0.6) is 0 Å². The van der Waals surface area contributed by atoms with Gasteiger partial charge in [0.05, 0.1) is 57.5 Å². The van der Waals surface area contributed by atoms with Gasteiger partial charge in [-0.05, 0) is 99.2 Å². The molecule has 0 aromatic heterocycles. The molecule has 9 aliphatic rings. The lowest BCUT2D eigenvalue weighted by molar-refractivity contribution is -0.396. The van der Waals surface area contributed by atoms with E-state index in [2.05, 4.69) is 33.8 Å². The van der Waals surface area contributed by atoms with Gasteiger partial charge in [-0.1, -0.05) is 53.2 Å². The number of allylic oxidation sites excluding steroid dienone is 2. The quantitative estimate of drug-likeness (QED) is 0.0550. The van der Waals surface area contributed by atoms with E-state index < -0.39 is 175 Å². The van der Waals surface area contributed by atoms with Gasteiger partial charge < -0.3 is 114 Å². The third-order valence-corrected chi connectivity index (χ3v) is 22.2. The van der Waals surface area contributed by atoms with Crippen molar-refractivity contribution in [1.82, 2.24) is 0 Å². The van der Waals surface area contributed by atoms with Crippen molar-refractivity contribution < 1.29 is 119 Å². The number of hydrogen-bond donors (Lipinski definition) is 14. The lowest BCUT2D eigenvalue weighted by Gasteiger charge is -2.72. The molecule has 4 heterocycles. The molecule has 4 saturated heterocycles. The number of methoxy groups -OCH3 is 1. The van der Waals surface area contributed by atoms with Gasteiger partial charge in [0, 0.05) is 16.2 Å². The Morgan fingerprint density at radius 1 is 0.582 bits per heavy atom. The summed E-state index contributed by atoms with van der Waals surface area (Å²) < 4.78 is 53.9. The molecule has 24 heteroatoms. The molecule has 32 atom stereocenters. The maximum atomic E-state index is 13.2. The molecule has 8 fully saturated rings. The van der Waals surface area contributed by atoms with Crippen LogP contribution in [0.3, 0.4) is 0 Å². The molecule has 4 saturated carbocycles. The van der Waals surface area contributed by atoms with Gasteiger partial charge in [0.15, 0.2) is 31.3 Å². The predicted molar refractivity (Wildman–Crippen MR) is 269 cm³/mol. The first-order valence-corrected chi connectivity index (χ1v) is 28.3. The summed E-state index contributed by atoms with van der Waals surface area (Å²) in [7, 11) is 1.07. The van der Waals surface area contributed by atoms with E-state index in [4.69, 9.17) is 42.6 Å². The zero-order valence-electron chi connectivity index (χ0n) is 46.7. The van der Waals surface area contributed by atoms with Crippen LogP contribution >= 0.6 is 0 Å². The third-order valence-electron chi connectivity index (χ3n) is 22.2. The number of aliphatic hydroxyl groups excluding tert-OH is 14. The van der Waals surface area contributed by atoms with E-state index in [1.807, 2.05) is 13.8 Å². The first kappa shape index (κ1) is 61.9. The van der Waals surface area contributed by atoms with Gasteiger partial charge in [0.25, 0.3) is 0 Å². The van der Waals surface area contributed by atoms with Crippen LogP contribution in [0.15, 0.2) is 11.6 Å². The molecular weight excluding hydrogens is 1040 g/mol. The van der Waals surface area contributed by atoms with Crippen molar-refractivity contribution in [3.63, 3.8) is 0 Å². The molecule has 0 aromatic rings. The summed E-state index contributed by atoms with van der Waals surface area (Å²) in [4.78, 5) is 13.2. The van der Waals surface area contributed by atoms with Crippen molar-refractivity contribution in [3.8, 4) is 0 Å². The van der Waals surface area contributed by atoms with E-state index in [0.717, 1.165) is 13.5 Å². The van der Waals surface area contributed by atoms with Gasteiger partial charge in [0.1, 0.15) is 79.4 Å².